The number of hydrogen-bond donors (Lipinski definition) is 4. The van der Waals surface area contributed by atoms with Crippen LogP contribution in [0.2, 0.25) is 5.02 Å². The molecule has 202 valence electrons. The van der Waals surface area contributed by atoms with Gasteiger partial charge in [-0.1, -0.05) is 11.6 Å². The summed E-state index contributed by atoms with van der Waals surface area (Å²) in [5.41, 5.74) is 4.02. The van der Waals surface area contributed by atoms with Crippen molar-refractivity contribution in [3.8, 4) is 5.88 Å². The number of amides is 3. The fourth-order valence-electron chi connectivity index (χ4n) is 3.52. The number of carboxylic acid groups (broad SMARTS) is 1. The second-order valence-electron chi connectivity index (χ2n) is 7.97. The van der Waals surface area contributed by atoms with Crippen LogP contribution in [0.15, 0.2) is 18.3 Å². The van der Waals surface area contributed by atoms with Crippen molar-refractivity contribution in [3.05, 3.63) is 23.4 Å². The minimum absolute atomic E-state index is 0.155. The van der Waals surface area contributed by atoms with E-state index in [1.807, 2.05) is 0 Å². The van der Waals surface area contributed by atoms with E-state index in [0.29, 0.717) is 30.2 Å². The van der Waals surface area contributed by atoms with Crippen LogP contribution in [0.3, 0.4) is 0 Å². The Morgan fingerprint density at radius 2 is 1.92 bits per heavy atom. The first-order chi connectivity index (χ1) is 16.7. The fraction of sp³-hybridized carbons (Fsp3) is 0.579. The molecule has 0 aliphatic carbocycles. The standard InChI is InChI=1S/C17H24ClN5O5S.C2HF3O2/c18-12-2-3-14(20-10-12)28-13-4-8-23(9-5-13)29(26,27)11-17(6-1-7-19)15(24)21-16(25)22-17;3-2(4,5)1(6)7/h2-3,10,13H,1,4-9,11,19H2,(H2,21,22,24,25);(H,6,7). The lowest BCUT2D eigenvalue weighted by Gasteiger charge is -2.34. The number of pyridine rings is 1. The highest BCUT2D eigenvalue weighted by Crippen LogP contribution is 2.25. The summed E-state index contributed by atoms with van der Waals surface area (Å²) in [6.07, 6.45) is -2.24. The summed E-state index contributed by atoms with van der Waals surface area (Å²) in [5.74, 6) is -3.46. The smallest absolute Gasteiger partial charge is 0.475 e. The van der Waals surface area contributed by atoms with E-state index in [4.69, 9.17) is 32.0 Å². The molecule has 1 atom stereocenters. The maximum atomic E-state index is 13.0. The molecule has 5 N–H and O–H groups in total. The third kappa shape index (κ3) is 8.18. The molecule has 0 aromatic carbocycles. The molecule has 0 saturated carbocycles. The molecule has 3 amide bonds. The van der Waals surface area contributed by atoms with E-state index < -0.39 is 45.4 Å². The SMILES string of the molecule is NCCCC1(CS(=O)(=O)N2CCC(Oc3ccc(Cl)cn3)CC2)NC(=O)NC1=O.O=C(O)C(F)(F)F. The molecule has 2 saturated heterocycles. The van der Waals surface area contributed by atoms with Crippen molar-refractivity contribution in [1.29, 1.82) is 0 Å². The van der Waals surface area contributed by atoms with E-state index in [9.17, 15) is 31.2 Å². The first-order valence-electron chi connectivity index (χ1n) is 10.6. The van der Waals surface area contributed by atoms with Gasteiger partial charge >= 0.3 is 18.2 Å². The van der Waals surface area contributed by atoms with Crippen LogP contribution in [0, 0.1) is 0 Å². The number of sulfonamides is 1. The molecule has 17 heteroatoms. The predicted octanol–water partition coefficient (Wildman–Crippen LogP) is 0.858. The number of piperidine rings is 1. The minimum atomic E-state index is -5.08. The number of carbonyl (C=O) groups excluding carboxylic acids is 2. The molecule has 0 radical (unpaired) electrons. The van der Waals surface area contributed by atoms with E-state index in [1.165, 1.54) is 10.5 Å². The van der Waals surface area contributed by atoms with Gasteiger partial charge in [0, 0.05) is 25.4 Å². The van der Waals surface area contributed by atoms with Crippen molar-refractivity contribution in [1.82, 2.24) is 19.9 Å². The highest BCUT2D eigenvalue weighted by Gasteiger charge is 2.50. The zero-order valence-electron chi connectivity index (χ0n) is 18.8. The van der Waals surface area contributed by atoms with Gasteiger partial charge in [-0.25, -0.2) is 27.3 Å². The molecule has 0 spiro atoms. The van der Waals surface area contributed by atoms with Crippen LogP contribution >= 0.6 is 11.6 Å². The van der Waals surface area contributed by atoms with Crippen LogP contribution in [0.4, 0.5) is 18.0 Å². The van der Waals surface area contributed by atoms with E-state index in [-0.39, 0.29) is 32.2 Å². The lowest BCUT2D eigenvalue weighted by molar-refractivity contribution is -0.192. The number of nitrogens with zero attached hydrogens (tertiary/aromatic N) is 2. The molecular formula is C19H25ClF3N5O7S. The van der Waals surface area contributed by atoms with Gasteiger partial charge in [0.2, 0.25) is 15.9 Å². The fourth-order valence-corrected chi connectivity index (χ4v) is 5.55. The Kier molecular flexibility index (Phi) is 9.87. The Bertz CT molecular complexity index is 1050. The largest absolute Gasteiger partial charge is 0.490 e. The molecular weight excluding hydrogens is 535 g/mol. The van der Waals surface area contributed by atoms with Crippen molar-refractivity contribution in [2.24, 2.45) is 5.73 Å². The van der Waals surface area contributed by atoms with Gasteiger partial charge in [0.05, 0.1) is 10.8 Å². The molecule has 36 heavy (non-hydrogen) atoms. The number of rotatable bonds is 8. The Morgan fingerprint density at radius 1 is 1.31 bits per heavy atom. The Hall–Kier alpha value is -2.69. The highest BCUT2D eigenvalue weighted by molar-refractivity contribution is 7.89. The number of alkyl halides is 3. The van der Waals surface area contributed by atoms with Crippen molar-refractivity contribution < 1.29 is 45.8 Å². The second kappa shape index (κ2) is 12.0. The lowest BCUT2D eigenvalue weighted by Crippen LogP contribution is -2.56. The van der Waals surface area contributed by atoms with Crippen molar-refractivity contribution in [2.75, 3.05) is 25.4 Å². The average molecular weight is 560 g/mol. The van der Waals surface area contributed by atoms with E-state index in [0.717, 1.165) is 0 Å². The molecule has 12 nitrogen and oxygen atoms in total. The Balaban J connectivity index is 0.000000572. The van der Waals surface area contributed by atoms with Crippen molar-refractivity contribution in [2.45, 2.75) is 43.5 Å². The topological polar surface area (TPSA) is 181 Å². The van der Waals surface area contributed by atoms with Crippen LogP contribution in [0.25, 0.3) is 0 Å². The molecule has 0 bridgehead atoms. The van der Waals surface area contributed by atoms with Gasteiger partial charge in [-0.3, -0.25) is 10.1 Å². The summed E-state index contributed by atoms with van der Waals surface area (Å²) in [5, 5.41) is 12.2. The number of urea groups is 1. The van der Waals surface area contributed by atoms with Gasteiger partial charge in [-0.2, -0.15) is 13.2 Å². The number of halogens is 4. The number of hydrogen-bond acceptors (Lipinski definition) is 8. The molecule has 2 aliphatic heterocycles. The second-order valence-corrected chi connectivity index (χ2v) is 10.4. The van der Waals surface area contributed by atoms with Gasteiger partial charge in [0.1, 0.15) is 11.6 Å². The normalized spacial score (nSPS) is 21.2. The molecule has 1 aromatic heterocycles. The summed E-state index contributed by atoms with van der Waals surface area (Å²) < 4.78 is 64.8. The molecule has 3 rings (SSSR count). The molecule has 3 heterocycles. The van der Waals surface area contributed by atoms with Crippen LogP contribution < -0.4 is 21.1 Å². The van der Waals surface area contributed by atoms with Crippen LogP contribution in [0.1, 0.15) is 25.7 Å². The van der Waals surface area contributed by atoms with E-state index >= 15 is 0 Å². The number of imide groups is 1. The number of nitrogens with one attached hydrogen (secondary N) is 2. The lowest BCUT2D eigenvalue weighted by atomic mass is 9.96. The average Bonchev–Trinajstić information content (AvgIpc) is 3.06. The van der Waals surface area contributed by atoms with Crippen molar-refractivity contribution in [3.63, 3.8) is 0 Å². The first kappa shape index (κ1) is 29.5. The van der Waals surface area contributed by atoms with Crippen molar-refractivity contribution >= 4 is 39.5 Å². The number of carboxylic acids is 1. The predicted molar refractivity (Wildman–Crippen MR) is 120 cm³/mol. The van der Waals surface area contributed by atoms with Crippen LogP contribution in [-0.4, -0.2) is 83.9 Å². The monoisotopic (exact) mass is 559 g/mol. The van der Waals surface area contributed by atoms with Crippen LogP contribution in [0.5, 0.6) is 5.88 Å². The number of carbonyl (C=O) groups is 3. The maximum Gasteiger partial charge on any atom is 0.490 e. The summed E-state index contributed by atoms with van der Waals surface area (Å²) >= 11 is 5.80. The maximum absolute atomic E-state index is 13.0. The van der Waals surface area contributed by atoms with E-state index in [1.54, 1.807) is 12.1 Å². The summed E-state index contributed by atoms with van der Waals surface area (Å²) in [4.78, 5) is 36.9. The summed E-state index contributed by atoms with van der Waals surface area (Å²) in [7, 11) is -3.79. The molecule has 1 unspecified atom stereocenters. The molecule has 2 aliphatic rings. The number of aromatic nitrogens is 1. The zero-order valence-corrected chi connectivity index (χ0v) is 20.3. The van der Waals surface area contributed by atoms with Gasteiger partial charge in [-0.05, 0) is 38.3 Å². The van der Waals surface area contributed by atoms with E-state index in [2.05, 4.69) is 15.6 Å². The minimum Gasteiger partial charge on any atom is -0.475 e. The highest BCUT2D eigenvalue weighted by atomic mass is 35.5. The van der Waals surface area contributed by atoms with Gasteiger partial charge in [0.25, 0.3) is 5.91 Å². The third-order valence-corrected chi connectivity index (χ3v) is 7.51. The first-order valence-corrected chi connectivity index (χ1v) is 12.6. The number of aliphatic carboxylic acids is 1. The molecule has 1 aromatic rings. The Morgan fingerprint density at radius 3 is 2.36 bits per heavy atom. The van der Waals surface area contributed by atoms with Gasteiger partial charge < -0.3 is 20.9 Å². The summed E-state index contributed by atoms with van der Waals surface area (Å²) in [6.45, 7) is 0.790. The number of nitrogens with two attached hydrogens (primary N) is 1. The number of ether oxygens (including phenoxy) is 1. The molecule has 2 fully saturated rings. The third-order valence-electron chi connectivity index (χ3n) is 5.28. The Labute approximate surface area is 209 Å². The van der Waals surface area contributed by atoms with Gasteiger partial charge in [-0.15, -0.1) is 0 Å². The van der Waals surface area contributed by atoms with Crippen LogP contribution in [-0.2, 0) is 19.6 Å². The quantitative estimate of drug-likeness (QED) is 0.336. The summed E-state index contributed by atoms with van der Waals surface area (Å²) in [6, 6.07) is 2.64. The zero-order chi connectivity index (χ0) is 27.1. The van der Waals surface area contributed by atoms with Gasteiger partial charge in [0.15, 0.2) is 0 Å².